The first-order valence-electron chi connectivity index (χ1n) is 4.92. The fourth-order valence-corrected chi connectivity index (χ4v) is 2.42. The van der Waals surface area contributed by atoms with Gasteiger partial charge in [-0.1, -0.05) is 11.8 Å². The van der Waals surface area contributed by atoms with Crippen molar-refractivity contribution in [3.63, 3.8) is 0 Å². The second-order valence-corrected chi connectivity index (χ2v) is 4.73. The molecule has 8 heteroatoms. The van der Waals surface area contributed by atoms with Gasteiger partial charge in [-0.2, -0.15) is 4.98 Å². The van der Waals surface area contributed by atoms with Crippen molar-refractivity contribution in [1.29, 1.82) is 0 Å². The fraction of sp³-hybridized carbons (Fsp3) is 0.333. The summed E-state index contributed by atoms with van der Waals surface area (Å²) in [6.07, 6.45) is 0.712. The van der Waals surface area contributed by atoms with E-state index >= 15 is 0 Å². The zero-order valence-electron chi connectivity index (χ0n) is 8.73. The number of aromatic amines is 1. The predicted molar refractivity (Wildman–Crippen MR) is 61.3 cm³/mol. The SMILES string of the molecule is Nc1cc(=O)nc(SC2CCC(=O)NC2=O)[nH]1. The molecule has 0 saturated carbocycles. The molecule has 1 unspecified atom stereocenters. The fourth-order valence-electron chi connectivity index (χ4n) is 1.43. The maximum absolute atomic E-state index is 11.5. The van der Waals surface area contributed by atoms with Crippen molar-refractivity contribution in [3.05, 3.63) is 16.4 Å². The lowest BCUT2D eigenvalue weighted by atomic mass is 10.1. The molecule has 0 radical (unpaired) electrons. The quantitative estimate of drug-likeness (QED) is 0.472. The lowest BCUT2D eigenvalue weighted by molar-refractivity contribution is -0.132. The van der Waals surface area contributed by atoms with E-state index in [1.807, 2.05) is 0 Å². The van der Waals surface area contributed by atoms with Crippen LogP contribution in [0.4, 0.5) is 5.82 Å². The number of rotatable bonds is 2. The third-order valence-corrected chi connectivity index (χ3v) is 3.34. The van der Waals surface area contributed by atoms with Crippen molar-refractivity contribution in [2.45, 2.75) is 23.2 Å². The molecule has 1 atom stereocenters. The van der Waals surface area contributed by atoms with Crippen LogP contribution in [0.2, 0.25) is 0 Å². The Morgan fingerprint density at radius 3 is 2.82 bits per heavy atom. The summed E-state index contributed by atoms with van der Waals surface area (Å²) >= 11 is 1.09. The number of piperidine rings is 1. The number of thioether (sulfide) groups is 1. The van der Waals surface area contributed by atoms with Gasteiger partial charge in [0.2, 0.25) is 11.8 Å². The topological polar surface area (TPSA) is 118 Å². The molecule has 2 amide bonds. The summed E-state index contributed by atoms with van der Waals surface area (Å²) in [5, 5.41) is 2.08. The Morgan fingerprint density at radius 1 is 1.41 bits per heavy atom. The van der Waals surface area contributed by atoms with E-state index in [9.17, 15) is 14.4 Å². The van der Waals surface area contributed by atoms with E-state index in [2.05, 4.69) is 15.3 Å². The van der Waals surface area contributed by atoms with Gasteiger partial charge in [-0.3, -0.25) is 19.7 Å². The van der Waals surface area contributed by atoms with Crippen molar-refractivity contribution in [3.8, 4) is 0 Å². The zero-order valence-corrected chi connectivity index (χ0v) is 9.54. The number of amides is 2. The minimum Gasteiger partial charge on any atom is -0.385 e. The lowest BCUT2D eigenvalue weighted by Gasteiger charge is -2.19. The molecule has 0 aliphatic carbocycles. The van der Waals surface area contributed by atoms with Crippen molar-refractivity contribution in [2.24, 2.45) is 0 Å². The molecular weight excluding hydrogens is 244 g/mol. The zero-order chi connectivity index (χ0) is 12.4. The summed E-state index contributed by atoms with van der Waals surface area (Å²) in [6, 6.07) is 1.16. The van der Waals surface area contributed by atoms with Crippen molar-refractivity contribution in [2.75, 3.05) is 5.73 Å². The smallest absolute Gasteiger partial charge is 0.275 e. The Bertz CT molecular complexity index is 527. The molecule has 2 rings (SSSR count). The molecule has 0 spiro atoms. The molecule has 1 fully saturated rings. The molecular formula is C9H10N4O3S. The predicted octanol–water partition coefficient (Wildman–Crippen LogP) is -0.751. The molecule has 17 heavy (non-hydrogen) atoms. The average Bonchev–Trinajstić information content (AvgIpc) is 2.21. The van der Waals surface area contributed by atoms with E-state index in [1.165, 1.54) is 0 Å². The van der Waals surface area contributed by atoms with Gasteiger partial charge in [-0.15, -0.1) is 0 Å². The highest BCUT2D eigenvalue weighted by Gasteiger charge is 2.28. The van der Waals surface area contributed by atoms with E-state index in [4.69, 9.17) is 5.73 Å². The first-order valence-corrected chi connectivity index (χ1v) is 5.80. The highest BCUT2D eigenvalue weighted by molar-refractivity contribution is 8.00. The molecule has 2 heterocycles. The monoisotopic (exact) mass is 254 g/mol. The normalized spacial score (nSPS) is 20.1. The Kier molecular flexibility index (Phi) is 3.14. The van der Waals surface area contributed by atoms with Crippen molar-refractivity contribution < 1.29 is 9.59 Å². The van der Waals surface area contributed by atoms with Gasteiger partial charge < -0.3 is 10.7 Å². The summed E-state index contributed by atoms with van der Waals surface area (Å²) in [7, 11) is 0. The van der Waals surface area contributed by atoms with E-state index in [0.717, 1.165) is 17.8 Å². The summed E-state index contributed by atoms with van der Waals surface area (Å²) in [5.74, 6) is -0.447. The van der Waals surface area contributed by atoms with Crippen molar-refractivity contribution in [1.82, 2.24) is 15.3 Å². The number of aromatic nitrogens is 2. The average molecular weight is 254 g/mol. The van der Waals surface area contributed by atoms with Gasteiger partial charge in [0, 0.05) is 12.5 Å². The van der Waals surface area contributed by atoms with Crippen LogP contribution >= 0.6 is 11.8 Å². The number of hydrogen-bond donors (Lipinski definition) is 3. The van der Waals surface area contributed by atoms with Crippen molar-refractivity contribution >= 4 is 29.4 Å². The largest absolute Gasteiger partial charge is 0.385 e. The molecule has 0 bridgehead atoms. The summed E-state index contributed by atoms with van der Waals surface area (Å²) in [4.78, 5) is 39.9. The second-order valence-electron chi connectivity index (χ2n) is 3.54. The molecule has 0 aromatic carbocycles. The summed E-state index contributed by atoms with van der Waals surface area (Å²) in [5.41, 5.74) is 5.00. The highest BCUT2D eigenvalue weighted by atomic mass is 32.2. The Labute approximate surface area is 100 Å². The number of carbonyl (C=O) groups is 2. The Balaban J connectivity index is 2.13. The number of nitrogen functional groups attached to an aromatic ring is 1. The van der Waals surface area contributed by atoms with Gasteiger partial charge in [0.15, 0.2) is 5.16 Å². The van der Waals surface area contributed by atoms with E-state index in [0.29, 0.717) is 6.42 Å². The van der Waals surface area contributed by atoms with Gasteiger partial charge in [0.05, 0.1) is 5.25 Å². The first-order chi connectivity index (χ1) is 8.04. The molecule has 1 aliphatic heterocycles. The standard InChI is InChI=1S/C9H10N4O3S/c10-5-3-7(15)13-9(11-5)17-4-1-2-6(14)12-8(4)16/h3-4H,1-2H2,(H,12,14,16)(H3,10,11,13,15). The number of hydrogen-bond acceptors (Lipinski definition) is 6. The van der Waals surface area contributed by atoms with Crippen LogP contribution in [-0.4, -0.2) is 27.0 Å². The van der Waals surface area contributed by atoms with Crippen LogP contribution in [0.5, 0.6) is 0 Å². The number of anilines is 1. The molecule has 4 N–H and O–H groups in total. The third kappa shape index (κ3) is 2.84. The Hall–Kier alpha value is -1.83. The maximum atomic E-state index is 11.5. The van der Waals surface area contributed by atoms with Crippen LogP contribution in [0.1, 0.15) is 12.8 Å². The molecule has 90 valence electrons. The number of nitrogens with zero attached hydrogens (tertiary/aromatic N) is 1. The number of nitrogens with one attached hydrogen (secondary N) is 2. The number of H-pyrrole nitrogens is 1. The van der Waals surface area contributed by atoms with Gasteiger partial charge >= 0.3 is 0 Å². The molecule has 1 aromatic heterocycles. The van der Waals surface area contributed by atoms with E-state index in [1.54, 1.807) is 0 Å². The molecule has 7 nitrogen and oxygen atoms in total. The van der Waals surface area contributed by atoms with E-state index < -0.39 is 10.8 Å². The second kappa shape index (κ2) is 4.58. The third-order valence-electron chi connectivity index (χ3n) is 2.18. The maximum Gasteiger partial charge on any atom is 0.275 e. The number of imide groups is 1. The van der Waals surface area contributed by atoms with E-state index in [-0.39, 0.29) is 29.2 Å². The first kappa shape index (κ1) is 11.6. The van der Waals surface area contributed by atoms with Crippen LogP contribution in [0.3, 0.4) is 0 Å². The van der Waals surface area contributed by atoms with Crippen LogP contribution in [-0.2, 0) is 9.59 Å². The number of nitrogens with two attached hydrogens (primary N) is 1. The lowest BCUT2D eigenvalue weighted by Crippen LogP contribution is -2.42. The van der Waals surface area contributed by atoms with Crippen LogP contribution in [0.15, 0.2) is 16.0 Å². The minimum atomic E-state index is -0.462. The molecule has 1 aromatic rings. The van der Waals surface area contributed by atoms with Crippen LogP contribution < -0.4 is 16.6 Å². The minimum absolute atomic E-state index is 0.194. The van der Waals surface area contributed by atoms with Gasteiger partial charge in [-0.05, 0) is 6.42 Å². The Morgan fingerprint density at radius 2 is 2.18 bits per heavy atom. The van der Waals surface area contributed by atoms with Crippen LogP contribution in [0, 0.1) is 0 Å². The molecule has 1 saturated heterocycles. The van der Waals surface area contributed by atoms with Gasteiger partial charge in [0.1, 0.15) is 5.82 Å². The van der Waals surface area contributed by atoms with Gasteiger partial charge in [0.25, 0.3) is 5.56 Å². The number of carbonyl (C=O) groups excluding carboxylic acids is 2. The highest BCUT2D eigenvalue weighted by Crippen LogP contribution is 2.25. The van der Waals surface area contributed by atoms with Crippen LogP contribution in [0.25, 0.3) is 0 Å². The van der Waals surface area contributed by atoms with Gasteiger partial charge in [-0.25, -0.2) is 0 Å². The summed E-state index contributed by atoms with van der Waals surface area (Å²) < 4.78 is 0. The molecule has 1 aliphatic rings. The summed E-state index contributed by atoms with van der Waals surface area (Å²) in [6.45, 7) is 0.